The predicted octanol–water partition coefficient (Wildman–Crippen LogP) is 2.61. The molecule has 0 saturated carbocycles. The van der Waals surface area contributed by atoms with Gasteiger partial charge in [-0.1, -0.05) is 32.8 Å². The van der Waals surface area contributed by atoms with E-state index in [9.17, 15) is 0 Å². The van der Waals surface area contributed by atoms with Crippen LogP contribution in [0.25, 0.3) is 0 Å². The van der Waals surface area contributed by atoms with Gasteiger partial charge in [0.2, 0.25) is 5.89 Å². The second-order valence-corrected chi connectivity index (χ2v) is 5.86. The third-order valence-electron chi connectivity index (χ3n) is 3.45. The Labute approximate surface area is 110 Å². The number of hydrogen-bond donors (Lipinski definition) is 1. The highest BCUT2D eigenvalue weighted by molar-refractivity contribution is 5.25. The Balaban J connectivity index is 2.79. The Bertz CT molecular complexity index is 369. The molecule has 1 rings (SSSR count). The molecule has 0 saturated heterocycles. The molecule has 0 aliphatic rings. The van der Waals surface area contributed by atoms with Gasteiger partial charge in [0.25, 0.3) is 0 Å². The van der Waals surface area contributed by atoms with Gasteiger partial charge in [0.1, 0.15) is 0 Å². The van der Waals surface area contributed by atoms with Crippen LogP contribution in [-0.4, -0.2) is 29.8 Å². The topological polar surface area (TPSA) is 54.2 Å². The van der Waals surface area contributed by atoms with E-state index in [4.69, 9.17) is 4.42 Å². The first-order chi connectivity index (χ1) is 8.27. The van der Waals surface area contributed by atoms with Crippen molar-refractivity contribution in [2.75, 3.05) is 18.5 Å². The largest absolute Gasteiger partial charge is 0.406 e. The van der Waals surface area contributed by atoms with Gasteiger partial charge in [-0.15, -0.1) is 5.10 Å². The molecule has 0 spiro atoms. The van der Waals surface area contributed by atoms with E-state index in [1.165, 1.54) is 0 Å². The second kappa shape index (κ2) is 5.69. The minimum atomic E-state index is 0.0922. The molecule has 1 N–H and O–H groups in total. The predicted molar refractivity (Wildman–Crippen MR) is 73.7 cm³/mol. The van der Waals surface area contributed by atoms with E-state index >= 15 is 0 Å². The molecule has 0 aromatic carbocycles. The van der Waals surface area contributed by atoms with Gasteiger partial charge in [0.05, 0.1) is 6.04 Å². The summed E-state index contributed by atoms with van der Waals surface area (Å²) in [6, 6.07) is 0.993. The third-order valence-corrected chi connectivity index (χ3v) is 3.45. The highest BCUT2D eigenvalue weighted by atomic mass is 16.4. The summed E-state index contributed by atoms with van der Waals surface area (Å²) in [4.78, 5) is 2.04. The van der Waals surface area contributed by atoms with Crippen LogP contribution in [-0.2, 0) is 0 Å². The van der Waals surface area contributed by atoms with Gasteiger partial charge >= 0.3 is 6.01 Å². The van der Waals surface area contributed by atoms with Gasteiger partial charge in [-0.05, 0) is 25.8 Å². The van der Waals surface area contributed by atoms with E-state index in [0.29, 0.717) is 17.9 Å². The van der Waals surface area contributed by atoms with Crippen molar-refractivity contribution >= 4 is 6.01 Å². The molecule has 2 unspecified atom stereocenters. The fraction of sp³-hybridized carbons (Fsp3) is 0.846. The normalized spacial score (nSPS) is 15.5. The smallest absolute Gasteiger partial charge is 0.318 e. The lowest BCUT2D eigenvalue weighted by Crippen LogP contribution is -2.39. The molecule has 2 atom stereocenters. The first-order valence-corrected chi connectivity index (χ1v) is 6.57. The number of hydrogen-bond acceptors (Lipinski definition) is 5. The molecule has 0 amide bonds. The Hall–Kier alpha value is -1.10. The van der Waals surface area contributed by atoms with Crippen molar-refractivity contribution in [1.82, 2.24) is 15.5 Å². The zero-order valence-corrected chi connectivity index (χ0v) is 12.6. The zero-order chi connectivity index (χ0) is 13.9. The highest BCUT2D eigenvalue weighted by Gasteiger charge is 2.27. The molecular formula is C13H26N4O. The standard InChI is InChI=1S/C13H26N4O/c1-8-14-9(2)11-15-16-12(18-11)17(7)10(3)13(4,5)6/h9-10,14H,8H2,1-7H3. The third kappa shape index (κ3) is 3.45. The van der Waals surface area contributed by atoms with Crippen LogP contribution in [0.2, 0.25) is 0 Å². The number of aromatic nitrogens is 2. The summed E-state index contributed by atoms with van der Waals surface area (Å²) in [6.07, 6.45) is 0. The molecule has 5 nitrogen and oxygen atoms in total. The Morgan fingerprint density at radius 2 is 1.89 bits per heavy atom. The summed E-state index contributed by atoms with van der Waals surface area (Å²) in [7, 11) is 1.99. The molecule has 18 heavy (non-hydrogen) atoms. The maximum absolute atomic E-state index is 5.72. The molecule has 1 aromatic rings. The molecule has 0 radical (unpaired) electrons. The van der Waals surface area contributed by atoms with Crippen LogP contribution in [0, 0.1) is 5.41 Å². The molecule has 0 fully saturated rings. The molecule has 104 valence electrons. The van der Waals surface area contributed by atoms with Gasteiger partial charge < -0.3 is 14.6 Å². The second-order valence-electron chi connectivity index (χ2n) is 5.86. The van der Waals surface area contributed by atoms with E-state index in [2.05, 4.69) is 50.1 Å². The van der Waals surface area contributed by atoms with Crippen LogP contribution >= 0.6 is 0 Å². The number of nitrogens with zero attached hydrogens (tertiary/aromatic N) is 3. The van der Waals surface area contributed by atoms with E-state index in [1.54, 1.807) is 0 Å². The van der Waals surface area contributed by atoms with Gasteiger partial charge in [0.15, 0.2) is 0 Å². The lowest BCUT2D eigenvalue weighted by Gasteiger charge is -2.34. The van der Waals surface area contributed by atoms with Crippen LogP contribution in [0.3, 0.4) is 0 Å². The van der Waals surface area contributed by atoms with E-state index < -0.39 is 0 Å². The maximum atomic E-state index is 5.72. The number of rotatable bonds is 5. The Morgan fingerprint density at radius 3 is 2.39 bits per heavy atom. The summed E-state index contributed by atoms with van der Waals surface area (Å²) in [5, 5.41) is 11.5. The molecule has 5 heteroatoms. The van der Waals surface area contributed by atoms with Crippen LogP contribution < -0.4 is 10.2 Å². The summed E-state index contributed by atoms with van der Waals surface area (Å²) in [5.74, 6) is 0.639. The minimum Gasteiger partial charge on any atom is -0.406 e. The number of nitrogens with one attached hydrogen (secondary N) is 1. The zero-order valence-electron chi connectivity index (χ0n) is 12.6. The fourth-order valence-electron chi connectivity index (χ4n) is 1.68. The quantitative estimate of drug-likeness (QED) is 0.875. The molecular weight excluding hydrogens is 228 g/mol. The molecule has 0 aliphatic heterocycles. The van der Waals surface area contributed by atoms with Crippen molar-refractivity contribution in [2.24, 2.45) is 5.41 Å². The molecule has 1 heterocycles. The van der Waals surface area contributed by atoms with Gasteiger partial charge in [-0.25, -0.2) is 0 Å². The fourth-order valence-corrected chi connectivity index (χ4v) is 1.68. The van der Waals surface area contributed by atoms with Crippen LogP contribution in [0.4, 0.5) is 6.01 Å². The highest BCUT2D eigenvalue weighted by Crippen LogP contribution is 2.27. The lowest BCUT2D eigenvalue weighted by molar-refractivity contribution is 0.314. The first kappa shape index (κ1) is 15.0. The van der Waals surface area contributed by atoms with Crippen molar-refractivity contribution in [2.45, 2.75) is 53.6 Å². The van der Waals surface area contributed by atoms with Crippen molar-refractivity contribution in [3.05, 3.63) is 5.89 Å². The monoisotopic (exact) mass is 254 g/mol. The van der Waals surface area contributed by atoms with Crippen molar-refractivity contribution < 1.29 is 4.42 Å². The first-order valence-electron chi connectivity index (χ1n) is 6.57. The molecule has 1 aromatic heterocycles. The van der Waals surface area contributed by atoms with Gasteiger partial charge in [-0.2, -0.15) is 0 Å². The van der Waals surface area contributed by atoms with Crippen molar-refractivity contribution in [3.8, 4) is 0 Å². The van der Waals surface area contributed by atoms with Crippen LogP contribution in [0.15, 0.2) is 4.42 Å². The Kier molecular flexibility index (Phi) is 4.73. The average Bonchev–Trinajstić information content (AvgIpc) is 2.75. The minimum absolute atomic E-state index is 0.0922. The van der Waals surface area contributed by atoms with Crippen LogP contribution in [0.1, 0.15) is 53.5 Å². The van der Waals surface area contributed by atoms with Gasteiger partial charge in [0, 0.05) is 13.1 Å². The summed E-state index contributed by atoms with van der Waals surface area (Å²) < 4.78 is 5.72. The Morgan fingerprint density at radius 1 is 1.28 bits per heavy atom. The lowest BCUT2D eigenvalue weighted by atomic mass is 9.87. The maximum Gasteiger partial charge on any atom is 0.318 e. The molecule has 0 aliphatic carbocycles. The summed E-state index contributed by atoms with van der Waals surface area (Å²) >= 11 is 0. The van der Waals surface area contributed by atoms with Crippen molar-refractivity contribution in [3.63, 3.8) is 0 Å². The van der Waals surface area contributed by atoms with E-state index in [1.807, 2.05) is 18.9 Å². The summed E-state index contributed by atoms with van der Waals surface area (Å²) in [5.41, 5.74) is 0.163. The number of anilines is 1. The molecule has 0 bridgehead atoms. The van der Waals surface area contributed by atoms with E-state index in [-0.39, 0.29) is 11.5 Å². The SMILES string of the molecule is CCNC(C)c1nnc(N(C)C(C)C(C)(C)C)o1. The van der Waals surface area contributed by atoms with Crippen molar-refractivity contribution in [1.29, 1.82) is 0 Å². The average molecular weight is 254 g/mol. The summed E-state index contributed by atoms with van der Waals surface area (Å²) in [6.45, 7) is 13.7. The van der Waals surface area contributed by atoms with Gasteiger partial charge in [-0.3, -0.25) is 0 Å². The van der Waals surface area contributed by atoms with E-state index in [0.717, 1.165) is 6.54 Å². The van der Waals surface area contributed by atoms with Crippen LogP contribution in [0.5, 0.6) is 0 Å².